The van der Waals surface area contributed by atoms with Gasteiger partial charge in [-0.3, -0.25) is 9.20 Å². The van der Waals surface area contributed by atoms with E-state index in [0.717, 1.165) is 11.1 Å². The average Bonchev–Trinajstić information content (AvgIpc) is 2.54. The molecule has 0 amide bonds. The molecular weight excluding hydrogens is 339 g/mol. The Labute approximate surface area is 147 Å². The first kappa shape index (κ1) is 17.5. The number of nitrogens with two attached hydrogens (primary N) is 1. The lowest BCUT2D eigenvalue weighted by atomic mass is 9.91. The van der Waals surface area contributed by atoms with Crippen molar-refractivity contribution in [3.8, 4) is 11.1 Å². The Morgan fingerprint density at radius 2 is 1.84 bits per heavy atom. The summed E-state index contributed by atoms with van der Waals surface area (Å²) in [6.45, 7) is 5.26. The van der Waals surface area contributed by atoms with Crippen molar-refractivity contribution in [2.75, 3.05) is 5.75 Å². The van der Waals surface area contributed by atoms with E-state index in [1.54, 1.807) is 45.3 Å². The number of halogens is 1. The summed E-state index contributed by atoms with van der Waals surface area (Å²) in [5.41, 5.74) is 6.89. The fourth-order valence-corrected chi connectivity index (χ4v) is 4.88. The molecule has 0 radical (unpaired) electrons. The minimum atomic E-state index is -2.61. The lowest BCUT2D eigenvalue weighted by molar-refractivity contribution is 0.493. The van der Waals surface area contributed by atoms with Crippen molar-refractivity contribution in [1.82, 2.24) is 9.97 Å². The number of rotatable bonds is 2. The van der Waals surface area contributed by atoms with Crippen LogP contribution in [-0.4, -0.2) is 36.4 Å². The van der Waals surface area contributed by atoms with E-state index in [-0.39, 0.29) is 11.6 Å². The summed E-state index contributed by atoms with van der Waals surface area (Å²) in [5.74, 6) is 3.82. The number of hydrogen-bond acceptors (Lipinski definition) is 5. The summed E-state index contributed by atoms with van der Waals surface area (Å²) in [7, 11) is -2.61. The zero-order valence-corrected chi connectivity index (χ0v) is 15.3. The molecule has 132 valence electrons. The highest BCUT2D eigenvalue weighted by Gasteiger charge is 2.45. The summed E-state index contributed by atoms with van der Waals surface area (Å²) < 4.78 is 26.9. The zero-order valence-electron chi connectivity index (χ0n) is 14.5. The van der Waals surface area contributed by atoms with Gasteiger partial charge in [-0.15, -0.1) is 0 Å². The van der Waals surface area contributed by atoms with Crippen LogP contribution in [0.15, 0.2) is 41.9 Å². The van der Waals surface area contributed by atoms with Gasteiger partial charge in [0.05, 0.1) is 10.3 Å². The highest BCUT2D eigenvalue weighted by molar-refractivity contribution is 8.02. The molecule has 5 nitrogen and oxygen atoms in total. The van der Waals surface area contributed by atoms with E-state index in [2.05, 4.69) is 20.8 Å². The second kappa shape index (κ2) is 5.62. The van der Waals surface area contributed by atoms with Crippen molar-refractivity contribution in [3.05, 3.63) is 48.3 Å². The predicted molar refractivity (Wildman–Crippen MR) is 101 cm³/mol. The summed E-state index contributed by atoms with van der Waals surface area (Å²) in [4.78, 5) is 12.5. The van der Waals surface area contributed by atoms with Gasteiger partial charge < -0.3 is 5.73 Å². The Kier molecular flexibility index (Phi) is 3.95. The molecule has 0 saturated carbocycles. The van der Waals surface area contributed by atoms with E-state index in [4.69, 9.17) is 5.73 Å². The number of benzene rings is 1. The first-order valence-electron chi connectivity index (χ1n) is 7.82. The van der Waals surface area contributed by atoms with Crippen molar-refractivity contribution in [1.29, 1.82) is 0 Å². The number of nitrogens with zero attached hydrogens (tertiary/aromatic N) is 3. The van der Waals surface area contributed by atoms with Crippen molar-refractivity contribution in [3.63, 3.8) is 0 Å². The number of aliphatic imine (C=N–C) groups is 1. The van der Waals surface area contributed by atoms with Gasteiger partial charge in [-0.1, -0.05) is 6.07 Å². The Hall–Kier alpha value is -2.28. The molecule has 2 N–H and O–H groups in total. The predicted octanol–water partition coefficient (Wildman–Crippen LogP) is 2.36. The molecule has 1 aromatic carbocycles. The molecule has 2 atom stereocenters. The molecule has 0 saturated heterocycles. The SMILES string of the molecule is C=S1(=O)C[C@@](C)(c2cc(-c3cncnc3)ccc2F)N=C(N)C1(C)C. The van der Waals surface area contributed by atoms with Crippen molar-refractivity contribution < 1.29 is 8.60 Å². The number of aromatic nitrogens is 2. The molecule has 1 aromatic heterocycles. The average molecular weight is 360 g/mol. The Morgan fingerprint density at radius 1 is 1.20 bits per heavy atom. The normalized spacial score (nSPS) is 28.4. The fourth-order valence-electron chi connectivity index (χ4n) is 2.96. The Bertz CT molecular complexity index is 954. The maximum Gasteiger partial charge on any atom is 0.128 e. The molecule has 1 aliphatic rings. The molecule has 0 fully saturated rings. The number of hydrogen-bond donors (Lipinski definition) is 1. The third-order valence-electron chi connectivity index (χ3n) is 4.87. The molecule has 7 heteroatoms. The van der Waals surface area contributed by atoms with Crippen molar-refractivity contribution in [2.45, 2.75) is 31.1 Å². The topological polar surface area (TPSA) is 81.2 Å². The lowest BCUT2D eigenvalue weighted by Gasteiger charge is -2.41. The highest BCUT2D eigenvalue weighted by atomic mass is 32.2. The van der Waals surface area contributed by atoms with Crippen LogP contribution >= 0.6 is 0 Å². The molecule has 2 heterocycles. The molecule has 25 heavy (non-hydrogen) atoms. The molecule has 0 spiro atoms. The number of amidine groups is 1. The lowest BCUT2D eigenvalue weighted by Crippen LogP contribution is -2.54. The van der Waals surface area contributed by atoms with Crippen LogP contribution in [0.3, 0.4) is 0 Å². The van der Waals surface area contributed by atoms with E-state index in [0.29, 0.717) is 5.56 Å². The molecule has 1 unspecified atom stereocenters. The van der Waals surface area contributed by atoms with Crippen LogP contribution in [-0.2, 0) is 15.1 Å². The third-order valence-corrected chi connectivity index (χ3v) is 7.97. The van der Waals surface area contributed by atoms with Crippen molar-refractivity contribution >= 4 is 21.2 Å². The first-order valence-corrected chi connectivity index (χ1v) is 9.72. The molecule has 3 rings (SSSR count). The van der Waals surface area contributed by atoms with E-state index in [1.165, 1.54) is 12.4 Å². The van der Waals surface area contributed by atoms with E-state index >= 15 is 0 Å². The van der Waals surface area contributed by atoms with Gasteiger partial charge in [-0.25, -0.2) is 14.4 Å². The maximum absolute atomic E-state index is 14.6. The van der Waals surface area contributed by atoms with Crippen LogP contribution in [0.2, 0.25) is 0 Å². The quantitative estimate of drug-likeness (QED) is 0.834. The summed E-state index contributed by atoms with van der Waals surface area (Å²) >= 11 is 0. The van der Waals surface area contributed by atoms with Crippen LogP contribution in [0, 0.1) is 5.82 Å². The van der Waals surface area contributed by atoms with Gasteiger partial charge in [0.15, 0.2) is 0 Å². The molecule has 1 aliphatic heterocycles. The Morgan fingerprint density at radius 3 is 2.44 bits per heavy atom. The van der Waals surface area contributed by atoms with Gasteiger partial charge in [-0.05, 0) is 53.9 Å². The zero-order chi connectivity index (χ0) is 18.5. The van der Waals surface area contributed by atoms with Gasteiger partial charge in [0, 0.05) is 29.3 Å². The van der Waals surface area contributed by atoms with Gasteiger partial charge >= 0.3 is 0 Å². The fraction of sp³-hybridized carbons (Fsp3) is 0.333. The van der Waals surface area contributed by atoms with E-state index in [1.807, 2.05) is 0 Å². The van der Waals surface area contributed by atoms with Gasteiger partial charge in [0.2, 0.25) is 0 Å². The largest absolute Gasteiger partial charge is 0.386 e. The van der Waals surface area contributed by atoms with Crippen LogP contribution in [0.4, 0.5) is 4.39 Å². The Balaban J connectivity index is 2.18. The maximum atomic E-state index is 14.6. The van der Waals surface area contributed by atoms with Crippen LogP contribution in [0.25, 0.3) is 11.1 Å². The van der Waals surface area contributed by atoms with Crippen LogP contribution < -0.4 is 5.73 Å². The molecule has 0 bridgehead atoms. The monoisotopic (exact) mass is 360 g/mol. The second-order valence-electron chi connectivity index (χ2n) is 7.06. The van der Waals surface area contributed by atoms with Gasteiger partial charge in [0.25, 0.3) is 0 Å². The van der Waals surface area contributed by atoms with E-state index < -0.39 is 25.6 Å². The highest BCUT2D eigenvalue weighted by Crippen LogP contribution is 2.38. The minimum absolute atomic E-state index is 0.124. The summed E-state index contributed by atoms with van der Waals surface area (Å²) in [6, 6.07) is 4.72. The molecule has 2 aromatic rings. The smallest absolute Gasteiger partial charge is 0.128 e. The van der Waals surface area contributed by atoms with Crippen molar-refractivity contribution in [2.24, 2.45) is 10.7 Å². The molecule has 0 aliphatic carbocycles. The van der Waals surface area contributed by atoms with Gasteiger partial charge in [-0.2, -0.15) is 0 Å². The second-order valence-corrected chi connectivity index (χ2v) is 9.99. The first-order chi connectivity index (χ1) is 11.6. The van der Waals surface area contributed by atoms with Crippen LogP contribution in [0.5, 0.6) is 0 Å². The van der Waals surface area contributed by atoms with E-state index in [9.17, 15) is 8.60 Å². The standard InChI is InChI=1S/C18H21FN4OS/c1-17(2)16(20)23-18(3,10-25(17,4)24)14-7-12(5-6-15(14)19)13-8-21-11-22-9-13/h5-9,11H,4,10H2,1-3H3,(H2,20,23)/t18-,25?/m0/s1. The van der Waals surface area contributed by atoms with Gasteiger partial charge in [0.1, 0.15) is 18.0 Å². The third kappa shape index (κ3) is 2.82. The molecular formula is C18H21FN4OS. The van der Waals surface area contributed by atoms with Crippen LogP contribution in [0.1, 0.15) is 26.3 Å². The summed E-state index contributed by atoms with van der Waals surface area (Å²) in [6.07, 6.45) is 4.73. The summed E-state index contributed by atoms with van der Waals surface area (Å²) in [5, 5.41) is 0. The minimum Gasteiger partial charge on any atom is -0.386 e.